The molecule has 0 aliphatic rings. The summed E-state index contributed by atoms with van der Waals surface area (Å²) in [6, 6.07) is 8.93. The van der Waals surface area contributed by atoms with Crippen molar-refractivity contribution in [1.82, 2.24) is 10.0 Å². The maximum Gasteiger partial charge on any atom is 0.244 e. The Balaban J connectivity index is 2.26. The Labute approximate surface area is 129 Å². The second-order valence-electron chi connectivity index (χ2n) is 4.42. The summed E-state index contributed by atoms with van der Waals surface area (Å²) < 4.78 is 32.7. The first-order chi connectivity index (χ1) is 10.1. The second kappa shape index (κ2) is 7.04. The van der Waals surface area contributed by atoms with Crippen molar-refractivity contribution in [3.05, 3.63) is 46.2 Å². The van der Waals surface area contributed by atoms with Crippen LogP contribution in [0.4, 0.5) is 0 Å². The first-order valence-corrected chi connectivity index (χ1v) is 8.76. The number of hydrogen-bond donors (Lipinski definition) is 2. The Morgan fingerprint density at radius 2 is 2.05 bits per heavy atom. The Kier molecular flexibility index (Phi) is 5.35. The van der Waals surface area contributed by atoms with E-state index in [1.807, 2.05) is 30.6 Å². The summed E-state index contributed by atoms with van der Waals surface area (Å²) >= 11 is 1.51. The van der Waals surface area contributed by atoms with E-state index >= 15 is 0 Å². The standard InChI is InChI=1S/C14H18N2O3S2/c1-15-9-11-5-6-13(19-2)14(8-11)21(17,18)16-10-12-4-3-7-20-12/h3-8,15-16H,9-10H2,1-2H3. The van der Waals surface area contributed by atoms with Crippen LogP contribution < -0.4 is 14.8 Å². The molecule has 114 valence electrons. The van der Waals surface area contributed by atoms with Gasteiger partial charge in [0, 0.05) is 18.0 Å². The van der Waals surface area contributed by atoms with Crippen molar-refractivity contribution in [3.63, 3.8) is 0 Å². The van der Waals surface area contributed by atoms with Gasteiger partial charge in [0.15, 0.2) is 0 Å². The van der Waals surface area contributed by atoms with E-state index in [1.54, 1.807) is 12.1 Å². The highest BCUT2D eigenvalue weighted by molar-refractivity contribution is 7.89. The highest BCUT2D eigenvalue weighted by atomic mass is 32.2. The van der Waals surface area contributed by atoms with E-state index in [2.05, 4.69) is 10.0 Å². The summed E-state index contributed by atoms with van der Waals surface area (Å²) in [7, 11) is -0.339. The average Bonchev–Trinajstić information content (AvgIpc) is 2.99. The summed E-state index contributed by atoms with van der Waals surface area (Å²) in [6.45, 7) is 0.872. The van der Waals surface area contributed by atoms with Gasteiger partial charge in [0.25, 0.3) is 0 Å². The lowest BCUT2D eigenvalue weighted by atomic mass is 10.2. The van der Waals surface area contributed by atoms with Gasteiger partial charge in [-0.25, -0.2) is 13.1 Å². The highest BCUT2D eigenvalue weighted by Crippen LogP contribution is 2.25. The molecule has 7 heteroatoms. The first-order valence-electron chi connectivity index (χ1n) is 6.40. The highest BCUT2D eigenvalue weighted by Gasteiger charge is 2.20. The third-order valence-electron chi connectivity index (χ3n) is 2.91. The van der Waals surface area contributed by atoms with E-state index in [1.165, 1.54) is 18.4 Å². The van der Waals surface area contributed by atoms with E-state index in [0.717, 1.165) is 10.4 Å². The Morgan fingerprint density at radius 1 is 1.24 bits per heavy atom. The minimum atomic E-state index is -3.62. The van der Waals surface area contributed by atoms with Gasteiger partial charge >= 0.3 is 0 Å². The van der Waals surface area contributed by atoms with Crippen molar-refractivity contribution in [2.75, 3.05) is 14.2 Å². The summed E-state index contributed by atoms with van der Waals surface area (Å²) in [5.41, 5.74) is 0.884. The maximum atomic E-state index is 12.5. The number of benzene rings is 1. The maximum absolute atomic E-state index is 12.5. The number of thiophene rings is 1. The molecule has 5 nitrogen and oxygen atoms in total. The van der Waals surface area contributed by atoms with Crippen molar-refractivity contribution >= 4 is 21.4 Å². The number of methoxy groups -OCH3 is 1. The summed E-state index contributed by atoms with van der Waals surface area (Å²) in [4.78, 5) is 1.12. The fourth-order valence-corrected chi connectivity index (χ4v) is 3.86. The molecule has 0 atom stereocenters. The molecule has 0 saturated carbocycles. The van der Waals surface area contributed by atoms with Crippen LogP contribution in [0.1, 0.15) is 10.4 Å². The lowest BCUT2D eigenvalue weighted by Gasteiger charge is -2.12. The predicted octanol–water partition coefficient (Wildman–Crippen LogP) is 1.95. The van der Waals surface area contributed by atoms with E-state index < -0.39 is 10.0 Å². The molecule has 0 aliphatic carbocycles. The lowest BCUT2D eigenvalue weighted by molar-refractivity contribution is 0.402. The van der Waals surface area contributed by atoms with Crippen LogP contribution >= 0.6 is 11.3 Å². The Hall–Kier alpha value is -1.41. The second-order valence-corrected chi connectivity index (χ2v) is 7.19. The zero-order chi connectivity index (χ0) is 15.3. The quantitative estimate of drug-likeness (QED) is 0.816. The Bertz CT molecular complexity index is 682. The summed E-state index contributed by atoms with van der Waals surface area (Å²) in [5.74, 6) is 0.341. The van der Waals surface area contributed by atoms with Crippen LogP contribution in [0, 0.1) is 0 Å². The number of hydrogen-bond acceptors (Lipinski definition) is 5. The number of rotatable bonds is 7. The topological polar surface area (TPSA) is 67.4 Å². The van der Waals surface area contributed by atoms with Crippen LogP contribution in [0.3, 0.4) is 0 Å². The van der Waals surface area contributed by atoms with Gasteiger partial charge in [0.1, 0.15) is 10.6 Å². The molecular weight excluding hydrogens is 308 g/mol. The third-order valence-corrected chi connectivity index (χ3v) is 5.21. The smallest absolute Gasteiger partial charge is 0.244 e. The van der Waals surface area contributed by atoms with E-state index in [4.69, 9.17) is 4.74 Å². The molecule has 21 heavy (non-hydrogen) atoms. The van der Waals surface area contributed by atoms with Gasteiger partial charge in [-0.05, 0) is 36.2 Å². The molecule has 2 aromatic rings. The molecule has 1 aromatic heterocycles. The van der Waals surface area contributed by atoms with Gasteiger partial charge in [0.2, 0.25) is 10.0 Å². The van der Waals surface area contributed by atoms with Crippen LogP contribution in [0.2, 0.25) is 0 Å². The van der Waals surface area contributed by atoms with Crippen LogP contribution in [-0.4, -0.2) is 22.6 Å². The fraction of sp³-hybridized carbons (Fsp3) is 0.286. The molecule has 0 fully saturated rings. The van der Waals surface area contributed by atoms with Crippen molar-refractivity contribution < 1.29 is 13.2 Å². The molecule has 0 bridgehead atoms. The molecule has 0 unspecified atom stereocenters. The minimum Gasteiger partial charge on any atom is -0.495 e. The van der Waals surface area contributed by atoms with Crippen molar-refractivity contribution in [2.24, 2.45) is 0 Å². The average molecular weight is 326 g/mol. The van der Waals surface area contributed by atoms with Crippen LogP contribution in [0.25, 0.3) is 0 Å². The Morgan fingerprint density at radius 3 is 2.67 bits per heavy atom. The number of ether oxygens (including phenoxy) is 1. The number of nitrogens with one attached hydrogen (secondary N) is 2. The van der Waals surface area contributed by atoms with Crippen molar-refractivity contribution in [3.8, 4) is 5.75 Å². The molecule has 2 rings (SSSR count). The fourth-order valence-electron chi connectivity index (χ4n) is 1.90. The third kappa shape index (κ3) is 4.04. The van der Waals surface area contributed by atoms with Crippen LogP contribution in [-0.2, 0) is 23.1 Å². The zero-order valence-electron chi connectivity index (χ0n) is 11.9. The van der Waals surface area contributed by atoms with Crippen LogP contribution in [0.15, 0.2) is 40.6 Å². The molecule has 0 radical (unpaired) electrons. The van der Waals surface area contributed by atoms with Gasteiger partial charge in [-0.1, -0.05) is 12.1 Å². The van der Waals surface area contributed by atoms with E-state index in [-0.39, 0.29) is 11.4 Å². The lowest BCUT2D eigenvalue weighted by Crippen LogP contribution is -2.23. The monoisotopic (exact) mass is 326 g/mol. The molecule has 0 saturated heterocycles. The SMILES string of the molecule is CNCc1ccc(OC)c(S(=O)(=O)NCc2cccs2)c1. The first kappa shape index (κ1) is 16.0. The van der Waals surface area contributed by atoms with E-state index in [9.17, 15) is 8.42 Å². The number of sulfonamides is 1. The molecular formula is C14H18N2O3S2. The molecule has 0 amide bonds. The molecule has 1 aromatic carbocycles. The van der Waals surface area contributed by atoms with Crippen molar-refractivity contribution in [1.29, 1.82) is 0 Å². The van der Waals surface area contributed by atoms with Gasteiger partial charge in [-0.15, -0.1) is 11.3 Å². The van der Waals surface area contributed by atoms with Crippen molar-refractivity contribution in [2.45, 2.75) is 18.0 Å². The van der Waals surface area contributed by atoms with Crippen LogP contribution in [0.5, 0.6) is 5.75 Å². The predicted molar refractivity (Wildman–Crippen MR) is 84.1 cm³/mol. The van der Waals surface area contributed by atoms with E-state index in [0.29, 0.717) is 12.3 Å². The largest absolute Gasteiger partial charge is 0.495 e. The molecule has 0 spiro atoms. The van der Waals surface area contributed by atoms with Gasteiger partial charge in [-0.3, -0.25) is 0 Å². The van der Waals surface area contributed by atoms with Gasteiger partial charge < -0.3 is 10.1 Å². The summed E-state index contributed by atoms with van der Waals surface area (Å²) in [5, 5.41) is 4.91. The summed E-state index contributed by atoms with van der Waals surface area (Å²) in [6.07, 6.45) is 0. The zero-order valence-corrected chi connectivity index (χ0v) is 13.6. The normalized spacial score (nSPS) is 11.5. The van der Waals surface area contributed by atoms with Gasteiger partial charge in [-0.2, -0.15) is 0 Å². The molecule has 0 aliphatic heterocycles. The van der Waals surface area contributed by atoms with Gasteiger partial charge in [0.05, 0.1) is 7.11 Å². The minimum absolute atomic E-state index is 0.161. The molecule has 1 heterocycles. The molecule has 2 N–H and O–H groups in total.